The lowest BCUT2D eigenvalue weighted by atomic mass is 10.2. The van der Waals surface area contributed by atoms with Crippen LogP contribution in [0.3, 0.4) is 0 Å². The first-order valence-electron chi connectivity index (χ1n) is 6.44. The van der Waals surface area contributed by atoms with E-state index in [9.17, 15) is 0 Å². The summed E-state index contributed by atoms with van der Waals surface area (Å²) in [5.41, 5.74) is 8.48. The fourth-order valence-corrected chi connectivity index (χ4v) is 2.26. The highest BCUT2D eigenvalue weighted by Gasteiger charge is 2.14. The van der Waals surface area contributed by atoms with Gasteiger partial charge >= 0.3 is 0 Å². The average Bonchev–Trinajstić information content (AvgIpc) is 2.72. The smallest absolute Gasteiger partial charge is 0.222 e. The number of benzene rings is 1. The van der Waals surface area contributed by atoms with Gasteiger partial charge in [0.25, 0.3) is 0 Å². The predicted molar refractivity (Wildman–Crippen MR) is 77.7 cm³/mol. The van der Waals surface area contributed by atoms with E-state index in [0.29, 0.717) is 12.4 Å². The molecule has 0 amide bonds. The summed E-state index contributed by atoms with van der Waals surface area (Å²) in [6.45, 7) is 2.33. The van der Waals surface area contributed by atoms with Crippen molar-refractivity contribution in [1.29, 1.82) is 0 Å². The van der Waals surface area contributed by atoms with Crippen LogP contribution in [0.25, 0.3) is 10.9 Å². The number of fused-ring (bicyclic) bond motifs is 1. The van der Waals surface area contributed by atoms with Crippen molar-refractivity contribution in [3.8, 4) is 11.6 Å². The van der Waals surface area contributed by atoms with Gasteiger partial charge in [0, 0.05) is 31.2 Å². The molecule has 102 valence electrons. The summed E-state index contributed by atoms with van der Waals surface area (Å²) < 4.78 is 7.65. The molecular formula is C15H16N4O. The van der Waals surface area contributed by atoms with Gasteiger partial charge in [0.15, 0.2) is 0 Å². The molecule has 0 spiro atoms. The number of ether oxygens (including phenoxy) is 1. The van der Waals surface area contributed by atoms with Crippen LogP contribution in [0.5, 0.6) is 11.6 Å². The molecule has 3 aromatic rings. The van der Waals surface area contributed by atoms with Crippen molar-refractivity contribution in [1.82, 2.24) is 14.8 Å². The fourth-order valence-electron chi connectivity index (χ4n) is 2.26. The number of aromatic nitrogens is 3. The van der Waals surface area contributed by atoms with Crippen molar-refractivity contribution in [2.24, 2.45) is 12.8 Å². The Morgan fingerprint density at radius 1 is 1.30 bits per heavy atom. The molecule has 0 aliphatic carbocycles. The summed E-state index contributed by atoms with van der Waals surface area (Å²) in [5, 5.41) is 5.42. The molecule has 2 aromatic heterocycles. The molecule has 5 nitrogen and oxygen atoms in total. The molecular weight excluding hydrogens is 252 g/mol. The van der Waals surface area contributed by atoms with E-state index in [-0.39, 0.29) is 0 Å². The molecule has 0 saturated carbocycles. The van der Waals surface area contributed by atoms with Gasteiger partial charge < -0.3 is 10.5 Å². The molecule has 3 rings (SSSR count). The molecule has 0 aliphatic heterocycles. The molecule has 0 atom stereocenters. The Morgan fingerprint density at radius 2 is 2.15 bits per heavy atom. The molecule has 0 bridgehead atoms. The van der Waals surface area contributed by atoms with E-state index in [0.717, 1.165) is 27.9 Å². The van der Waals surface area contributed by atoms with Gasteiger partial charge in [-0.2, -0.15) is 5.10 Å². The normalized spacial score (nSPS) is 10.9. The van der Waals surface area contributed by atoms with Crippen LogP contribution in [-0.4, -0.2) is 14.8 Å². The molecule has 20 heavy (non-hydrogen) atoms. The van der Waals surface area contributed by atoms with Crippen LogP contribution in [0.1, 0.15) is 11.3 Å². The third-order valence-electron chi connectivity index (χ3n) is 3.28. The highest BCUT2D eigenvalue weighted by Crippen LogP contribution is 2.28. The van der Waals surface area contributed by atoms with Gasteiger partial charge in [-0.1, -0.05) is 6.07 Å². The third kappa shape index (κ3) is 2.12. The van der Waals surface area contributed by atoms with Gasteiger partial charge in [-0.3, -0.25) is 4.98 Å². The molecule has 0 fully saturated rings. The van der Waals surface area contributed by atoms with Gasteiger partial charge in [-0.25, -0.2) is 4.68 Å². The van der Waals surface area contributed by atoms with E-state index in [1.165, 1.54) is 0 Å². The minimum atomic E-state index is 0.404. The monoisotopic (exact) mass is 268 g/mol. The number of nitrogens with zero attached hydrogens (tertiary/aromatic N) is 3. The Hall–Kier alpha value is -2.40. The number of hydrogen-bond donors (Lipinski definition) is 1. The molecule has 0 radical (unpaired) electrons. The number of pyridine rings is 1. The van der Waals surface area contributed by atoms with Gasteiger partial charge in [0.2, 0.25) is 5.88 Å². The first-order chi connectivity index (χ1) is 9.69. The Balaban J connectivity index is 2.01. The van der Waals surface area contributed by atoms with E-state index in [2.05, 4.69) is 10.1 Å². The minimum absolute atomic E-state index is 0.404. The van der Waals surface area contributed by atoms with Crippen molar-refractivity contribution < 1.29 is 4.74 Å². The topological polar surface area (TPSA) is 66.0 Å². The number of rotatable bonds is 3. The summed E-state index contributed by atoms with van der Waals surface area (Å²) in [5.74, 6) is 1.41. The Labute approximate surface area is 117 Å². The number of nitrogens with two attached hydrogens (primary N) is 1. The van der Waals surface area contributed by atoms with Crippen molar-refractivity contribution in [3.05, 3.63) is 47.8 Å². The SMILES string of the molecule is Cc1nn(C)c(Oc2ccc3cccnc3c2)c1CN. The van der Waals surface area contributed by atoms with E-state index >= 15 is 0 Å². The van der Waals surface area contributed by atoms with Crippen molar-refractivity contribution in [2.45, 2.75) is 13.5 Å². The van der Waals surface area contributed by atoms with Gasteiger partial charge in [-0.15, -0.1) is 0 Å². The van der Waals surface area contributed by atoms with Gasteiger partial charge in [-0.05, 0) is 25.1 Å². The molecule has 0 unspecified atom stereocenters. The molecule has 0 saturated heterocycles. The molecule has 0 aliphatic rings. The maximum atomic E-state index is 5.94. The zero-order chi connectivity index (χ0) is 14.1. The summed E-state index contributed by atoms with van der Waals surface area (Å²) in [6.07, 6.45) is 1.77. The summed E-state index contributed by atoms with van der Waals surface area (Å²) in [4.78, 5) is 4.33. The van der Waals surface area contributed by atoms with Crippen LogP contribution in [-0.2, 0) is 13.6 Å². The highest BCUT2D eigenvalue weighted by atomic mass is 16.5. The van der Waals surface area contributed by atoms with Crippen molar-refractivity contribution >= 4 is 10.9 Å². The standard InChI is InChI=1S/C15H16N4O/c1-10-13(9-16)15(19(2)18-10)20-12-6-5-11-4-3-7-17-14(11)8-12/h3-8H,9,16H2,1-2H3. The largest absolute Gasteiger partial charge is 0.439 e. The van der Waals surface area contributed by atoms with Gasteiger partial charge in [0.05, 0.1) is 16.8 Å². The quantitative estimate of drug-likeness (QED) is 0.792. The number of aryl methyl sites for hydroxylation is 2. The maximum Gasteiger partial charge on any atom is 0.222 e. The first-order valence-corrected chi connectivity index (χ1v) is 6.44. The zero-order valence-electron chi connectivity index (χ0n) is 11.5. The molecule has 5 heteroatoms. The minimum Gasteiger partial charge on any atom is -0.439 e. The second-order valence-electron chi connectivity index (χ2n) is 4.66. The predicted octanol–water partition coefficient (Wildman–Crippen LogP) is 2.53. The molecule has 2 heterocycles. The van der Waals surface area contributed by atoms with E-state index < -0.39 is 0 Å². The lowest BCUT2D eigenvalue weighted by Gasteiger charge is -2.08. The lowest BCUT2D eigenvalue weighted by molar-refractivity contribution is 0.426. The Kier molecular flexibility index (Phi) is 3.12. The molecule has 2 N–H and O–H groups in total. The zero-order valence-corrected chi connectivity index (χ0v) is 11.5. The summed E-state index contributed by atoms with van der Waals surface area (Å²) in [7, 11) is 1.85. The lowest BCUT2D eigenvalue weighted by Crippen LogP contribution is -2.01. The third-order valence-corrected chi connectivity index (χ3v) is 3.28. The van der Waals surface area contributed by atoms with Crippen LogP contribution >= 0.6 is 0 Å². The van der Waals surface area contributed by atoms with Gasteiger partial charge in [0.1, 0.15) is 5.75 Å². The first kappa shape index (κ1) is 12.6. The Bertz CT molecular complexity index is 764. The van der Waals surface area contributed by atoms with Crippen molar-refractivity contribution in [2.75, 3.05) is 0 Å². The second-order valence-corrected chi connectivity index (χ2v) is 4.66. The molecule has 1 aromatic carbocycles. The van der Waals surface area contributed by atoms with E-state index in [1.54, 1.807) is 10.9 Å². The van der Waals surface area contributed by atoms with Crippen molar-refractivity contribution in [3.63, 3.8) is 0 Å². The van der Waals surface area contributed by atoms with Crippen LogP contribution in [0.2, 0.25) is 0 Å². The summed E-state index contributed by atoms with van der Waals surface area (Å²) >= 11 is 0. The highest BCUT2D eigenvalue weighted by molar-refractivity contribution is 5.79. The van der Waals surface area contributed by atoms with Crippen LogP contribution in [0, 0.1) is 6.92 Å². The average molecular weight is 268 g/mol. The Morgan fingerprint density at radius 3 is 2.95 bits per heavy atom. The van der Waals surface area contributed by atoms with E-state index in [4.69, 9.17) is 10.5 Å². The van der Waals surface area contributed by atoms with Crippen LogP contribution in [0.15, 0.2) is 36.5 Å². The number of hydrogen-bond acceptors (Lipinski definition) is 4. The van der Waals surface area contributed by atoms with Crippen LogP contribution < -0.4 is 10.5 Å². The van der Waals surface area contributed by atoms with Crippen LogP contribution in [0.4, 0.5) is 0 Å². The second kappa shape index (κ2) is 4.94. The maximum absolute atomic E-state index is 5.94. The van der Waals surface area contributed by atoms with E-state index in [1.807, 2.05) is 44.3 Å². The summed E-state index contributed by atoms with van der Waals surface area (Å²) in [6, 6.07) is 9.76. The fraction of sp³-hybridized carbons (Fsp3) is 0.200.